The Morgan fingerprint density at radius 1 is 1.09 bits per heavy atom. The topological polar surface area (TPSA) is 50.4 Å². The van der Waals surface area contributed by atoms with Gasteiger partial charge in [0.25, 0.3) is 0 Å². The summed E-state index contributed by atoms with van der Waals surface area (Å²) in [6, 6.07) is 10.2. The lowest BCUT2D eigenvalue weighted by Crippen LogP contribution is -2.14. The number of nitrogens with one attached hydrogen (secondary N) is 2. The van der Waals surface area contributed by atoms with E-state index in [2.05, 4.69) is 10.6 Å². The molecule has 0 spiro atoms. The van der Waals surface area contributed by atoms with Crippen molar-refractivity contribution in [1.29, 1.82) is 0 Å². The number of hydrogen-bond donors (Lipinski definition) is 2. The van der Waals surface area contributed by atoms with Crippen molar-refractivity contribution in [2.75, 3.05) is 24.4 Å². The Morgan fingerprint density at radius 2 is 1.78 bits per heavy atom. The number of carbonyl (C=O) groups is 1. The van der Waals surface area contributed by atoms with Crippen LogP contribution in [-0.2, 0) is 16.1 Å². The first kappa shape index (κ1) is 16.9. The van der Waals surface area contributed by atoms with Crippen molar-refractivity contribution in [3.05, 3.63) is 59.7 Å². The molecule has 1 amide bonds. The number of methoxy groups -OCH3 is 1. The molecular formula is C17H18F2N2O2. The highest BCUT2D eigenvalue weighted by Crippen LogP contribution is 2.17. The van der Waals surface area contributed by atoms with Crippen molar-refractivity contribution >= 4 is 17.3 Å². The van der Waals surface area contributed by atoms with Crippen LogP contribution in [0.25, 0.3) is 0 Å². The number of amides is 1. The van der Waals surface area contributed by atoms with Crippen molar-refractivity contribution < 1.29 is 18.3 Å². The minimum Gasteiger partial charge on any atom is -0.384 e. The van der Waals surface area contributed by atoms with Gasteiger partial charge in [-0.2, -0.15) is 0 Å². The van der Waals surface area contributed by atoms with Gasteiger partial charge in [0.15, 0.2) is 0 Å². The molecule has 0 bridgehead atoms. The number of anilines is 2. The summed E-state index contributed by atoms with van der Waals surface area (Å²) in [5.41, 5.74) is 1.60. The van der Waals surface area contributed by atoms with Gasteiger partial charge in [-0.3, -0.25) is 4.79 Å². The smallest absolute Gasteiger partial charge is 0.226 e. The van der Waals surface area contributed by atoms with Gasteiger partial charge in [-0.1, -0.05) is 0 Å². The Kier molecular flexibility index (Phi) is 6.05. The fourth-order valence-electron chi connectivity index (χ4n) is 1.97. The first-order chi connectivity index (χ1) is 11.1. The van der Waals surface area contributed by atoms with E-state index >= 15 is 0 Å². The van der Waals surface area contributed by atoms with Gasteiger partial charge in [-0.25, -0.2) is 8.78 Å². The lowest BCUT2D eigenvalue weighted by Gasteiger charge is -2.10. The molecule has 23 heavy (non-hydrogen) atoms. The molecule has 0 aliphatic carbocycles. The molecular weight excluding hydrogens is 302 g/mol. The molecule has 2 rings (SSSR count). The predicted molar refractivity (Wildman–Crippen MR) is 85.2 cm³/mol. The van der Waals surface area contributed by atoms with E-state index in [0.717, 1.165) is 0 Å². The standard InChI is InChI=1S/C17H18F2N2O2/c1-23-9-8-17(22)21-15-6-7-16(19)12(10-15)11-20-14-4-2-13(18)3-5-14/h2-7,10,20H,8-9,11H2,1H3,(H,21,22). The van der Waals surface area contributed by atoms with Crippen LogP contribution < -0.4 is 10.6 Å². The monoisotopic (exact) mass is 320 g/mol. The predicted octanol–water partition coefficient (Wildman–Crippen LogP) is 3.55. The van der Waals surface area contributed by atoms with Crippen LogP contribution in [0.4, 0.5) is 20.2 Å². The highest BCUT2D eigenvalue weighted by molar-refractivity contribution is 5.90. The Balaban J connectivity index is 1.99. The van der Waals surface area contributed by atoms with Crippen LogP contribution in [0.2, 0.25) is 0 Å². The summed E-state index contributed by atoms with van der Waals surface area (Å²) in [7, 11) is 1.52. The zero-order valence-electron chi connectivity index (χ0n) is 12.7. The molecule has 0 fully saturated rings. The molecule has 6 heteroatoms. The molecule has 122 valence electrons. The van der Waals surface area contributed by atoms with Crippen LogP contribution in [0, 0.1) is 11.6 Å². The molecule has 0 atom stereocenters. The second kappa shape index (κ2) is 8.24. The summed E-state index contributed by atoms with van der Waals surface area (Å²) in [6.07, 6.45) is 0.233. The lowest BCUT2D eigenvalue weighted by molar-refractivity contribution is -0.117. The van der Waals surface area contributed by atoms with Gasteiger partial charge in [0.2, 0.25) is 5.91 Å². The summed E-state index contributed by atoms with van der Waals surface area (Å²) >= 11 is 0. The molecule has 0 saturated heterocycles. The Hall–Kier alpha value is -2.47. The maximum absolute atomic E-state index is 13.8. The zero-order chi connectivity index (χ0) is 16.7. The van der Waals surface area contributed by atoms with Crippen LogP contribution in [0.3, 0.4) is 0 Å². The normalized spacial score (nSPS) is 10.4. The Labute approximate surface area is 133 Å². The van der Waals surface area contributed by atoms with E-state index in [1.54, 1.807) is 18.2 Å². The average molecular weight is 320 g/mol. The second-order valence-electron chi connectivity index (χ2n) is 4.96. The summed E-state index contributed by atoms with van der Waals surface area (Å²) in [4.78, 5) is 11.6. The maximum Gasteiger partial charge on any atom is 0.226 e. The molecule has 0 unspecified atom stereocenters. The first-order valence-electron chi connectivity index (χ1n) is 7.15. The molecule has 2 aromatic carbocycles. The Morgan fingerprint density at radius 3 is 2.48 bits per heavy atom. The quantitative estimate of drug-likeness (QED) is 0.820. The number of rotatable bonds is 7. The van der Waals surface area contributed by atoms with Crippen molar-refractivity contribution in [1.82, 2.24) is 0 Å². The SMILES string of the molecule is COCCC(=O)Nc1ccc(F)c(CNc2ccc(F)cc2)c1. The van der Waals surface area contributed by atoms with Crippen molar-refractivity contribution in [3.8, 4) is 0 Å². The summed E-state index contributed by atoms with van der Waals surface area (Å²) in [5, 5.41) is 5.69. The molecule has 2 aromatic rings. The van der Waals surface area contributed by atoms with Gasteiger partial charge in [-0.15, -0.1) is 0 Å². The van der Waals surface area contributed by atoms with E-state index in [-0.39, 0.29) is 30.5 Å². The number of hydrogen-bond acceptors (Lipinski definition) is 3. The highest BCUT2D eigenvalue weighted by atomic mass is 19.1. The van der Waals surface area contributed by atoms with Gasteiger partial charge in [-0.05, 0) is 42.5 Å². The van der Waals surface area contributed by atoms with E-state index in [1.807, 2.05) is 0 Å². The molecule has 2 N–H and O–H groups in total. The largest absolute Gasteiger partial charge is 0.384 e. The van der Waals surface area contributed by atoms with Crippen LogP contribution in [0.1, 0.15) is 12.0 Å². The maximum atomic E-state index is 13.8. The third-order valence-corrected chi connectivity index (χ3v) is 3.19. The van der Waals surface area contributed by atoms with Crippen LogP contribution in [0.15, 0.2) is 42.5 Å². The van der Waals surface area contributed by atoms with E-state index in [1.165, 1.54) is 31.4 Å². The van der Waals surface area contributed by atoms with Gasteiger partial charge in [0, 0.05) is 30.6 Å². The van der Waals surface area contributed by atoms with Gasteiger partial charge >= 0.3 is 0 Å². The first-order valence-corrected chi connectivity index (χ1v) is 7.15. The zero-order valence-corrected chi connectivity index (χ0v) is 12.7. The van der Waals surface area contributed by atoms with Gasteiger partial charge in [0.05, 0.1) is 13.0 Å². The van der Waals surface area contributed by atoms with E-state index in [0.29, 0.717) is 23.5 Å². The molecule has 0 aromatic heterocycles. The Bertz CT molecular complexity index is 660. The minimum atomic E-state index is -0.380. The number of carbonyl (C=O) groups excluding carboxylic acids is 1. The van der Waals surface area contributed by atoms with Gasteiger partial charge < -0.3 is 15.4 Å². The highest BCUT2D eigenvalue weighted by Gasteiger charge is 2.07. The minimum absolute atomic E-state index is 0.198. The van der Waals surface area contributed by atoms with Crippen molar-refractivity contribution in [3.63, 3.8) is 0 Å². The second-order valence-corrected chi connectivity index (χ2v) is 4.96. The van der Waals surface area contributed by atoms with Gasteiger partial charge in [0.1, 0.15) is 11.6 Å². The summed E-state index contributed by atoms with van der Waals surface area (Å²) in [6.45, 7) is 0.547. The fourth-order valence-corrected chi connectivity index (χ4v) is 1.97. The van der Waals surface area contributed by atoms with E-state index in [9.17, 15) is 13.6 Å². The summed E-state index contributed by atoms with van der Waals surface area (Å²) in [5.74, 6) is -0.909. The number of halogens is 2. The number of benzene rings is 2. The van der Waals surface area contributed by atoms with E-state index < -0.39 is 0 Å². The average Bonchev–Trinajstić information content (AvgIpc) is 2.55. The molecule has 0 radical (unpaired) electrons. The summed E-state index contributed by atoms with van der Waals surface area (Å²) < 4.78 is 31.5. The molecule has 0 heterocycles. The van der Waals surface area contributed by atoms with E-state index in [4.69, 9.17) is 4.74 Å². The molecule has 0 aliphatic rings. The van der Waals surface area contributed by atoms with Crippen molar-refractivity contribution in [2.45, 2.75) is 13.0 Å². The van der Waals surface area contributed by atoms with Crippen molar-refractivity contribution in [2.24, 2.45) is 0 Å². The molecule has 0 saturated carbocycles. The van der Waals surface area contributed by atoms with Crippen LogP contribution >= 0.6 is 0 Å². The van der Waals surface area contributed by atoms with Crippen LogP contribution in [-0.4, -0.2) is 19.6 Å². The molecule has 0 aliphatic heterocycles. The third kappa shape index (κ3) is 5.34. The molecule has 4 nitrogen and oxygen atoms in total. The lowest BCUT2D eigenvalue weighted by atomic mass is 10.1. The van der Waals surface area contributed by atoms with Crippen LogP contribution in [0.5, 0.6) is 0 Å². The fraction of sp³-hybridized carbons (Fsp3) is 0.235. The third-order valence-electron chi connectivity index (χ3n) is 3.19. The number of ether oxygens (including phenoxy) is 1.